The van der Waals surface area contributed by atoms with Gasteiger partial charge in [-0.25, -0.2) is 9.18 Å². The summed E-state index contributed by atoms with van der Waals surface area (Å²) in [6, 6.07) is 17.8. The van der Waals surface area contributed by atoms with Gasteiger partial charge in [0.15, 0.2) is 5.54 Å². The first kappa shape index (κ1) is 29.3. The van der Waals surface area contributed by atoms with Crippen LogP contribution in [0.1, 0.15) is 82.5 Å². The molecule has 0 spiro atoms. The standard InChI is InChI=1S/C33H46FN3O2/c1-7-23(2)33(32(38)39-6)30(37(22-35-33)24(3)26-12-9-8-10-13-26)20-25-16-18-27(19-17-25)31(36(4)5)28-14-11-15-29(34)21-28/h8-15,21-25,27,30-31H,7,16-20H2,1-6H3. The van der Waals surface area contributed by atoms with Crippen LogP contribution in [0.5, 0.6) is 0 Å². The molecule has 1 aliphatic heterocycles. The lowest BCUT2D eigenvalue weighted by Crippen LogP contribution is -2.56. The molecule has 0 amide bonds. The van der Waals surface area contributed by atoms with E-state index >= 15 is 0 Å². The quantitative estimate of drug-likeness (QED) is 0.306. The average molecular weight is 536 g/mol. The van der Waals surface area contributed by atoms with Gasteiger partial charge in [0.05, 0.1) is 25.5 Å². The van der Waals surface area contributed by atoms with E-state index in [0.717, 1.165) is 44.1 Å². The van der Waals surface area contributed by atoms with Crippen molar-refractivity contribution in [3.05, 3.63) is 71.5 Å². The molecule has 5 atom stereocenters. The maximum atomic E-state index is 14.1. The molecular formula is C33H46FN3O2. The van der Waals surface area contributed by atoms with Crippen LogP contribution >= 0.6 is 0 Å². The molecule has 1 fully saturated rings. The van der Waals surface area contributed by atoms with Crippen molar-refractivity contribution in [3.63, 3.8) is 0 Å². The van der Waals surface area contributed by atoms with Crippen LogP contribution in [0.3, 0.4) is 0 Å². The van der Waals surface area contributed by atoms with Crippen LogP contribution in [-0.2, 0) is 9.53 Å². The average Bonchev–Trinajstić information content (AvgIpc) is 3.32. The van der Waals surface area contributed by atoms with Crippen molar-refractivity contribution in [3.8, 4) is 0 Å². The largest absolute Gasteiger partial charge is 0.467 e. The Labute approximate surface area is 234 Å². The third-order valence-electron chi connectivity index (χ3n) is 9.52. The summed E-state index contributed by atoms with van der Waals surface area (Å²) in [6.07, 6.45) is 8.01. The molecule has 39 heavy (non-hydrogen) atoms. The van der Waals surface area contributed by atoms with Gasteiger partial charge in [-0.15, -0.1) is 0 Å². The van der Waals surface area contributed by atoms with Crippen molar-refractivity contribution in [1.82, 2.24) is 9.80 Å². The molecule has 5 nitrogen and oxygen atoms in total. The number of benzene rings is 2. The summed E-state index contributed by atoms with van der Waals surface area (Å²) >= 11 is 0. The van der Waals surface area contributed by atoms with Gasteiger partial charge in [-0.2, -0.15) is 0 Å². The van der Waals surface area contributed by atoms with Crippen LogP contribution in [0.15, 0.2) is 59.6 Å². The molecule has 0 N–H and O–H groups in total. The molecule has 2 aromatic carbocycles. The van der Waals surface area contributed by atoms with Crippen LogP contribution in [0.2, 0.25) is 0 Å². The zero-order valence-electron chi connectivity index (χ0n) is 24.5. The molecule has 0 saturated heterocycles. The minimum absolute atomic E-state index is 0.0570. The molecule has 0 aromatic heterocycles. The number of nitrogens with zero attached hydrogens (tertiary/aromatic N) is 3. The van der Waals surface area contributed by atoms with E-state index in [1.807, 2.05) is 18.5 Å². The van der Waals surface area contributed by atoms with Crippen molar-refractivity contribution in [2.45, 2.75) is 83.0 Å². The van der Waals surface area contributed by atoms with Gasteiger partial charge in [0.25, 0.3) is 0 Å². The van der Waals surface area contributed by atoms with E-state index in [1.165, 1.54) is 18.7 Å². The fourth-order valence-electron chi connectivity index (χ4n) is 7.19. The molecule has 0 bridgehead atoms. The van der Waals surface area contributed by atoms with E-state index in [2.05, 4.69) is 75.0 Å². The summed E-state index contributed by atoms with van der Waals surface area (Å²) < 4.78 is 19.5. The number of aliphatic imine (C=N–C) groups is 1. The highest BCUT2D eigenvalue weighted by Gasteiger charge is 2.56. The molecule has 6 heteroatoms. The first-order valence-electron chi connectivity index (χ1n) is 14.6. The lowest BCUT2D eigenvalue weighted by molar-refractivity contribution is -0.151. The predicted octanol–water partition coefficient (Wildman–Crippen LogP) is 7.06. The van der Waals surface area contributed by atoms with Gasteiger partial charge >= 0.3 is 5.97 Å². The molecule has 1 heterocycles. The Balaban J connectivity index is 1.56. The first-order chi connectivity index (χ1) is 18.7. The summed E-state index contributed by atoms with van der Waals surface area (Å²) in [5.41, 5.74) is 1.36. The molecule has 212 valence electrons. The second kappa shape index (κ2) is 12.6. The maximum absolute atomic E-state index is 14.1. The van der Waals surface area contributed by atoms with Crippen molar-refractivity contribution >= 4 is 12.3 Å². The van der Waals surface area contributed by atoms with Crippen LogP contribution in [0.4, 0.5) is 4.39 Å². The summed E-state index contributed by atoms with van der Waals surface area (Å²) in [5.74, 6) is 0.611. The smallest absolute Gasteiger partial charge is 0.336 e. The lowest BCUT2D eigenvalue weighted by atomic mass is 9.70. The Kier molecular flexibility index (Phi) is 9.47. The van der Waals surface area contributed by atoms with Gasteiger partial charge in [0, 0.05) is 6.04 Å². The number of hydrogen-bond acceptors (Lipinski definition) is 5. The third-order valence-corrected chi connectivity index (χ3v) is 9.52. The fraction of sp³-hybridized carbons (Fsp3) is 0.576. The normalized spacial score (nSPS) is 27.4. The second-order valence-corrected chi connectivity index (χ2v) is 11.9. The number of halogens is 1. The molecule has 1 aliphatic carbocycles. The number of rotatable bonds is 10. The fourth-order valence-corrected chi connectivity index (χ4v) is 7.19. The topological polar surface area (TPSA) is 45.1 Å². The van der Waals surface area contributed by atoms with E-state index in [-0.39, 0.29) is 35.8 Å². The second-order valence-electron chi connectivity index (χ2n) is 11.9. The van der Waals surface area contributed by atoms with Crippen LogP contribution in [0, 0.1) is 23.6 Å². The van der Waals surface area contributed by atoms with Gasteiger partial charge in [-0.1, -0.05) is 75.6 Å². The zero-order chi connectivity index (χ0) is 28.2. The van der Waals surface area contributed by atoms with Crippen molar-refractivity contribution in [1.29, 1.82) is 0 Å². The van der Waals surface area contributed by atoms with Gasteiger partial charge in [-0.3, -0.25) is 4.99 Å². The van der Waals surface area contributed by atoms with E-state index < -0.39 is 5.54 Å². The van der Waals surface area contributed by atoms with Crippen LogP contribution < -0.4 is 0 Å². The van der Waals surface area contributed by atoms with E-state index in [1.54, 1.807) is 6.07 Å². The number of ether oxygens (including phenoxy) is 1. The Morgan fingerprint density at radius 3 is 2.33 bits per heavy atom. The Bertz CT molecular complexity index is 1110. The number of esters is 1. The third kappa shape index (κ3) is 5.91. The SMILES string of the molecule is CCC(C)C1(C(=O)OC)N=CN(C(C)c2ccccc2)C1CC1CCC(C(c2cccc(F)c2)N(C)C)CC1. The summed E-state index contributed by atoms with van der Waals surface area (Å²) in [6.45, 7) is 6.47. The monoisotopic (exact) mass is 535 g/mol. The lowest BCUT2D eigenvalue weighted by Gasteiger charge is -2.44. The van der Waals surface area contributed by atoms with E-state index in [0.29, 0.717) is 11.8 Å². The van der Waals surface area contributed by atoms with Crippen LogP contribution in [-0.4, -0.2) is 54.9 Å². The Morgan fingerprint density at radius 2 is 1.74 bits per heavy atom. The van der Waals surface area contributed by atoms with Crippen LogP contribution in [0.25, 0.3) is 0 Å². The van der Waals surface area contributed by atoms with Crippen molar-refractivity contribution in [2.24, 2.45) is 22.7 Å². The highest BCUT2D eigenvalue weighted by atomic mass is 19.1. The minimum Gasteiger partial charge on any atom is -0.467 e. The molecule has 5 unspecified atom stereocenters. The van der Waals surface area contributed by atoms with Gasteiger partial charge in [-0.05, 0) is 81.3 Å². The van der Waals surface area contributed by atoms with Gasteiger partial charge in [0.2, 0.25) is 0 Å². The number of carbonyl (C=O) groups is 1. The molecule has 2 aliphatic rings. The van der Waals surface area contributed by atoms with E-state index in [9.17, 15) is 9.18 Å². The molecule has 0 radical (unpaired) electrons. The number of hydrogen-bond donors (Lipinski definition) is 0. The highest BCUT2D eigenvalue weighted by Crippen LogP contribution is 2.46. The Hall–Kier alpha value is -2.73. The maximum Gasteiger partial charge on any atom is 0.336 e. The Morgan fingerprint density at radius 1 is 1.08 bits per heavy atom. The summed E-state index contributed by atoms with van der Waals surface area (Å²) in [5, 5.41) is 0. The first-order valence-corrected chi connectivity index (χ1v) is 14.6. The molecule has 2 aromatic rings. The molecular weight excluding hydrogens is 489 g/mol. The van der Waals surface area contributed by atoms with Crippen molar-refractivity contribution < 1.29 is 13.9 Å². The summed E-state index contributed by atoms with van der Waals surface area (Å²) in [4.78, 5) is 23.0. The van der Waals surface area contributed by atoms with E-state index in [4.69, 9.17) is 9.73 Å². The molecule has 1 saturated carbocycles. The highest BCUT2D eigenvalue weighted by molar-refractivity contribution is 5.87. The van der Waals surface area contributed by atoms with Gasteiger partial charge < -0.3 is 14.5 Å². The predicted molar refractivity (Wildman–Crippen MR) is 156 cm³/mol. The number of carbonyl (C=O) groups excluding carboxylic acids is 1. The zero-order valence-corrected chi connectivity index (χ0v) is 24.5. The summed E-state index contributed by atoms with van der Waals surface area (Å²) in [7, 11) is 5.68. The van der Waals surface area contributed by atoms with Gasteiger partial charge in [0.1, 0.15) is 5.82 Å². The molecule has 4 rings (SSSR count). The number of methoxy groups -OCH3 is 1. The minimum atomic E-state index is -0.906. The van der Waals surface area contributed by atoms with Crippen molar-refractivity contribution in [2.75, 3.05) is 21.2 Å².